The Morgan fingerprint density at radius 3 is 2.37 bits per heavy atom. The van der Waals surface area contributed by atoms with Crippen LogP contribution in [-0.4, -0.2) is 18.3 Å². The van der Waals surface area contributed by atoms with E-state index in [-0.39, 0.29) is 11.4 Å². The molecule has 0 atom stereocenters. The van der Waals surface area contributed by atoms with Gasteiger partial charge >= 0.3 is 5.97 Å². The van der Waals surface area contributed by atoms with E-state index in [9.17, 15) is 4.79 Å². The van der Waals surface area contributed by atoms with E-state index >= 15 is 0 Å². The number of rotatable bonds is 6. The van der Waals surface area contributed by atoms with Gasteiger partial charge in [-0.05, 0) is 29.5 Å². The van der Waals surface area contributed by atoms with E-state index in [0.29, 0.717) is 12.4 Å². The lowest BCUT2D eigenvalue weighted by Crippen LogP contribution is -2.10. The quantitative estimate of drug-likeness (QED) is 0.438. The molecule has 0 saturated carbocycles. The first-order valence-electron chi connectivity index (χ1n) is 6.82. The van der Waals surface area contributed by atoms with Gasteiger partial charge in [-0.25, -0.2) is 0 Å². The Balaban J connectivity index is 2.40. The molecule has 106 valence electrons. The van der Waals surface area contributed by atoms with Crippen LogP contribution in [0.3, 0.4) is 0 Å². The normalized spacial score (nSPS) is 11.4. The highest BCUT2D eigenvalue weighted by atomic mass is 32.2. The number of unbranched alkanes of at least 4 members (excludes halogenated alkanes) is 1. The fourth-order valence-corrected chi connectivity index (χ4v) is 2.26. The fourth-order valence-electron chi connectivity index (χ4n) is 1.57. The van der Waals surface area contributed by atoms with Crippen molar-refractivity contribution < 1.29 is 9.53 Å². The van der Waals surface area contributed by atoms with Crippen LogP contribution in [0.25, 0.3) is 0 Å². The number of hydrogen-bond acceptors (Lipinski definition) is 3. The molecule has 1 aromatic carbocycles. The van der Waals surface area contributed by atoms with Crippen molar-refractivity contribution in [1.29, 1.82) is 0 Å². The molecule has 19 heavy (non-hydrogen) atoms. The molecule has 0 aliphatic carbocycles. The molecule has 0 amide bonds. The molecule has 1 aromatic rings. The van der Waals surface area contributed by atoms with Crippen LogP contribution in [-0.2, 0) is 14.9 Å². The molecule has 1 rings (SSSR count). The third kappa shape index (κ3) is 6.15. The molecule has 0 aliphatic heterocycles. The molecule has 0 radical (unpaired) electrons. The SMILES string of the molecule is CCCCOC(=O)CSc1ccc(C(C)(C)C)cc1. The number of ether oxygens (including phenoxy) is 1. The van der Waals surface area contributed by atoms with Crippen molar-refractivity contribution in [1.82, 2.24) is 0 Å². The summed E-state index contributed by atoms with van der Waals surface area (Å²) in [5.41, 5.74) is 1.48. The third-order valence-electron chi connectivity index (χ3n) is 2.84. The Bertz CT molecular complexity index is 390. The van der Waals surface area contributed by atoms with Crippen LogP contribution in [0, 0.1) is 0 Å². The second kappa shape index (κ2) is 7.59. The summed E-state index contributed by atoms with van der Waals surface area (Å²) < 4.78 is 5.12. The summed E-state index contributed by atoms with van der Waals surface area (Å²) >= 11 is 1.53. The summed E-state index contributed by atoms with van der Waals surface area (Å²) in [7, 11) is 0. The molecule has 0 spiro atoms. The summed E-state index contributed by atoms with van der Waals surface area (Å²) in [6.45, 7) is 9.21. The van der Waals surface area contributed by atoms with Gasteiger partial charge in [-0.1, -0.05) is 46.2 Å². The Kier molecular flexibility index (Phi) is 6.43. The van der Waals surface area contributed by atoms with Crippen LogP contribution in [0.4, 0.5) is 0 Å². The number of carbonyl (C=O) groups excluding carboxylic acids is 1. The second-order valence-corrected chi connectivity index (χ2v) is 6.69. The topological polar surface area (TPSA) is 26.3 Å². The van der Waals surface area contributed by atoms with Gasteiger partial charge < -0.3 is 4.74 Å². The molecule has 0 saturated heterocycles. The first-order chi connectivity index (χ1) is 8.93. The van der Waals surface area contributed by atoms with Crippen LogP contribution < -0.4 is 0 Å². The van der Waals surface area contributed by atoms with Crippen molar-refractivity contribution in [3.05, 3.63) is 29.8 Å². The van der Waals surface area contributed by atoms with Gasteiger partial charge in [-0.3, -0.25) is 4.79 Å². The van der Waals surface area contributed by atoms with E-state index < -0.39 is 0 Å². The van der Waals surface area contributed by atoms with E-state index in [2.05, 4.69) is 52.0 Å². The predicted octanol–water partition coefficient (Wildman–Crippen LogP) is 4.42. The van der Waals surface area contributed by atoms with Gasteiger partial charge in [-0.15, -0.1) is 11.8 Å². The van der Waals surface area contributed by atoms with Crippen molar-refractivity contribution in [3.63, 3.8) is 0 Å². The minimum Gasteiger partial charge on any atom is -0.465 e. The fraction of sp³-hybridized carbons (Fsp3) is 0.562. The molecule has 0 bridgehead atoms. The number of esters is 1. The molecular formula is C16H24O2S. The van der Waals surface area contributed by atoms with E-state index in [1.165, 1.54) is 17.3 Å². The minimum atomic E-state index is -0.127. The monoisotopic (exact) mass is 280 g/mol. The molecule has 0 aliphatic rings. The smallest absolute Gasteiger partial charge is 0.316 e. The zero-order valence-electron chi connectivity index (χ0n) is 12.4. The zero-order valence-corrected chi connectivity index (χ0v) is 13.2. The maximum Gasteiger partial charge on any atom is 0.316 e. The van der Waals surface area contributed by atoms with Gasteiger partial charge in [0.2, 0.25) is 0 Å². The summed E-state index contributed by atoms with van der Waals surface area (Å²) in [5, 5.41) is 0. The van der Waals surface area contributed by atoms with E-state index in [4.69, 9.17) is 4.74 Å². The van der Waals surface area contributed by atoms with Gasteiger partial charge in [0.1, 0.15) is 0 Å². The summed E-state index contributed by atoms with van der Waals surface area (Å²) in [6, 6.07) is 8.41. The number of carbonyl (C=O) groups is 1. The van der Waals surface area contributed by atoms with Gasteiger partial charge in [0.15, 0.2) is 0 Å². The van der Waals surface area contributed by atoms with Crippen molar-refractivity contribution >= 4 is 17.7 Å². The summed E-state index contributed by atoms with van der Waals surface area (Å²) in [6.07, 6.45) is 1.99. The Morgan fingerprint density at radius 1 is 1.21 bits per heavy atom. The maximum absolute atomic E-state index is 11.5. The third-order valence-corrected chi connectivity index (χ3v) is 3.82. The zero-order chi connectivity index (χ0) is 14.3. The molecule has 0 N–H and O–H groups in total. The molecule has 2 nitrogen and oxygen atoms in total. The first-order valence-corrected chi connectivity index (χ1v) is 7.81. The molecule has 0 heterocycles. The largest absolute Gasteiger partial charge is 0.465 e. The van der Waals surface area contributed by atoms with Crippen LogP contribution >= 0.6 is 11.8 Å². The average Bonchev–Trinajstić information content (AvgIpc) is 2.36. The minimum absolute atomic E-state index is 0.127. The van der Waals surface area contributed by atoms with Gasteiger partial charge in [0.05, 0.1) is 12.4 Å². The summed E-state index contributed by atoms with van der Waals surface area (Å²) in [5.74, 6) is 0.261. The van der Waals surface area contributed by atoms with Crippen LogP contribution in [0.1, 0.15) is 46.1 Å². The van der Waals surface area contributed by atoms with Crippen LogP contribution in [0.15, 0.2) is 29.2 Å². The Hall–Kier alpha value is -0.960. The lowest BCUT2D eigenvalue weighted by molar-refractivity contribution is -0.140. The number of hydrogen-bond donors (Lipinski definition) is 0. The van der Waals surface area contributed by atoms with Crippen molar-refractivity contribution in [2.75, 3.05) is 12.4 Å². The standard InChI is InChI=1S/C16H24O2S/c1-5-6-11-18-15(17)12-19-14-9-7-13(8-10-14)16(2,3)4/h7-10H,5-6,11-12H2,1-4H3. The molecule has 3 heteroatoms. The van der Waals surface area contributed by atoms with Gasteiger partial charge in [-0.2, -0.15) is 0 Å². The molecular weight excluding hydrogens is 256 g/mol. The highest BCUT2D eigenvalue weighted by Gasteiger charge is 2.13. The maximum atomic E-state index is 11.5. The number of thioether (sulfide) groups is 1. The first kappa shape index (κ1) is 16.1. The van der Waals surface area contributed by atoms with Crippen molar-refractivity contribution in [2.45, 2.75) is 50.8 Å². The lowest BCUT2D eigenvalue weighted by Gasteiger charge is -2.19. The van der Waals surface area contributed by atoms with Crippen molar-refractivity contribution in [2.24, 2.45) is 0 Å². The van der Waals surface area contributed by atoms with E-state index in [1.54, 1.807) is 0 Å². The van der Waals surface area contributed by atoms with Gasteiger partial charge in [0, 0.05) is 4.90 Å². The van der Waals surface area contributed by atoms with Crippen LogP contribution in [0.2, 0.25) is 0 Å². The van der Waals surface area contributed by atoms with E-state index in [1.807, 2.05) is 0 Å². The lowest BCUT2D eigenvalue weighted by atomic mass is 9.87. The van der Waals surface area contributed by atoms with Gasteiger partial charge in [0.25, 0.3) is 0 Å². The Labute approximate surface area is 120 Å². The number of benzene rings is 1. The Morgan fingerprint density at radius 2 is 1.84 bits per heavy atom. The molecule has 0 unspecified atom stereocenters. The average molecular weight is 280 g/mol. The highest BCUT2D eigenvalue weighted by molar-refractivity contribution is 8.00. The second-order valence-electron chi connectivity index (χ2n) is 5.64. The molecule has 0 fully saturated rings. The van der Waals surface area contributed by atoms with Crippen molar-refractivity contribution in [3.8, 4) is 0 Å². The molecule has 0 aromatic heterocycles. The van der Waals surface area contributed by atoms with Crippen LogP contribution in [0.5, 0.6) is 0 Å². The highest BCUT2D eigenvalue weighted by Crippen LogP contribution is 2.25. The summed E-state index contributed by atoms with van der Waals surface area (Å²) in [4.78, 5) is 12.6. The van der Waals surface area contributed by atoms with E-state index in [0.717, 1.165) is 17.7 Å². The predicted molar refractivity (Wildman–Crippen MR) is 81.7 cm³/mol.